The van der Waals surface area contributed by atoms with Gasteiger partial charge in [0.25, 0.3) is 0 Å². The van der Waals surface area contributed by atoms with Gasteiger partial charge in [0.15, 0.2) is 0 Å². The van der Waals surface area contributed by atoms with Gasteiger partial charge < -0.3 is 15.1 Å². The number of para-hydroxylation sites is 1. The Bertz CT molecular complexity index is 452. The second-order valence-electron chi connectivity index (χ2n) is 6.85. The zero-order valence-electron chi connectivity index (χ0n) is 13.5. The van der Waals surface area contributed by atoms with Crippen molar-refractivity contribution >= 4 is 5.69 Å². The van der Waals surface area contributed by atoms with Crippen LogP contribution in [0.1, 0.15) is 32.3 Å². The van der Waals surface area contributed by atoms with E-state index in [-0.39, 0.29) is 0 Å². The van der Waals surface area contributed by atoms with E-state index in [1.54, 1.807) is 0 Å². The van der Waals surface area contributed by atoms with Crippen LogP contribution in [0.15, 0.2) is 24.3 Å². The number of anilines is 1. The first kappa shape index (κ1) is 14.9. The van der Waals surface area contributed by atoms with E-state index in [9.17, 15) is 0 Å². The molecule has 3 nitrogen and oxygen atoms in total. The fourth-order valence-corrected chi connectivity index (χ4v) is 3.54. The molecule has 1 saturated heterocycles. The summed E-state index contributed by atoms with van der Waals surface area (Å²) in [7, 11) is 0. The normalized spacial score (nSPS) is 23.4. The number of fused-ring (bicyclic) bond motifs is 1. The number of likely N-dealkylation sites (tertiary alicyclic amines) is 1. The number of rotatable bonds is 4. The summed E-state index contributed by atoms with van der Waals surface area (Å²) in [6, 6.07) is 9.49. The van der Waals surface area contributed by atoms with E-state index in [0.717, 1.165) is 19.6 Å². The molecule has 2 aliphatic rings. The molecule has 3 heteroatoms. The maximum absolute atomic E-state index is 3.74. The number of benzene rings is 1. The van der Waals surface area contributed by atoms with Gasteiger partial charge in [0, 0.05) is 37.9 Å². The zero-order chi connectivity index (χ0) is 14.7. The van der Waals surface area contributed by atoms with Crippen molar-refractivity contribution in [2.75, 3.05) is 37.6 Å². The summed E-state index contributed by atoms with van der Waals surface area (Å²) in [5, 5.41) is 3.74. The second-order valence-corrected chi connectivity index (χ2v) is 6.85. The van der Waals surface area contributed by atoms with Gasteiger partial charge in [-0.1, -0.05) is 32.0 Å². The van der Waals surface area contributed by atoms with Crippen LogP contribution in [-0.4, -0.2) is 43.7 Å². The Morgan fingerprint density at radius 2 is 1.90 bits per heavy atom. The second kappa shape index (κ2) is 6.80. The first-order chi connectivity index (χ1) is 10.2. The van der Waals surface area contributed by atoms with Crippen LogP contribution < -0.4 is 10.2 Å². The van der Waals surface area contributed by atoms with Gasteiger partial charge >= 0.3 is 0 Å². The SMILES string of the molecule is CC(C)C1CN(CCN2CCCC2)c2ccccc2CN1. The Hall–Kier alpha value is -1.06. The average Bonchev–Trinajstić information content (AvgIpc) is 2.93. The third kappa shape index (κ3) is 3.58. The molecule has 1 fully saturated rings. The molecule has 1 unspecified atom stereocenters. The molecule has 0 aromatic heterocycles. The largest absolute Gasteiger partial charge is 0.368 e. The molecule has 21 heavy (non-hydrogen) atoms. The van der Waals surface area contributed by atoms with Crippen LogP contribution in [0.4, 0.5) is 5.69 Å². The molecule has 3 rings (SSSR count). The molecule has 0 saturated carbocycles. The molecular weight excluding hydrogens is 258 g/mol. The lowest BCUT2D eigenvalue weighted by Gasteiger charge is -2.31. The van der Waals surface area contributed by atoms with Crippen molar-refractivity contribution in [3.05, 3.63) is 29.8 Å². The van der Waals surface area contributed by atoms with E-state index in [0.29, 0.717) is 12.0 Å². The average molecular weight is 287 g/mol. The topological polar surface area (TPSA) is 18.5 Å². The molecular formula is C18H29N3. The van der Waals surface area contributed by atoms with Crippen molar-refractivity contribution in [2.24, 2.45) is 5.92 Å². The smallest absolute Gasteiger partial charge is 0.0412 e. The first-order valence-corrected chi connectivity index (χ1v) is 8.52. The summed E-state index contributed by atoms with van der Waals surface area (Å²) < 4.78 is 0. The molecule has 2 heterocycles. The number of nitrogens with one attached hydrogen (secondary N) is 1. The third-order valence-corrected chi connectivity index (χ3v) is 4.99. The van der Waals surface area contributed by atoms with Crippen molar-refractivity contribution in [1.29, 1.82) is 0 Å². The van der Waals surface area contributed by atoms with Gasteiger partial charge in [0.05, 0.1) is 0 Å². The van der Waals surface area contributed by atoms with Crippen LogP contribution in [0, 0.1) is 5.92 Å². The van der Waals surface area contributed by atoms with E-state index in [1.165, 1.54) is 43.7 Å². The van der Waals surface area contributed by atoms with Crippen molar-refractivity contribution in [3.8, 4) is 0 Å². The van der Waals surface area contributed by atoms with Gasteiger partial charge in [-0.25, -0.2) is 0 Å². The monoisotopic (exact) mass is 287 g/mol. The maximum atomic E-state index is 3.74. The summed E-state index contributed by atoms with van der Waals surface area (Å²) in [5.74, 6) is 0.675. The summed E-state index contributed by atoms with van der Waals surface area (Å²) >= 11 is 0. The van der Waals surface area contributed by atoms with Crippen molar-refractivity contribution in [2.45, 2.75) is 39.3 Å². The highest BCUT2D eigenvalue weighted by Crippen LogP contribution is 2.25. The molecule has 0 spiro atoms. The van der Waals surface area contributed by atoms with Crippen LogP contribution in [0.25, 0.3) is 0 Å². The Balaban J connectivity index is 1.73. The number of nitrogens with zero attached hydrogens (tertiary/aromatic N) is 2. The highest BCUT2D eigenvalue weighted by molar-refractivity contribution is 5.54. The van der Waals surface area contributed by atoms with Gasteiger partial charge in [-0.2, -0.15) is 0 Å². The fraction of sp³-hybridized carbons (Fsp3) is 0.667. The summed E-state index contributed by atoms with van der Waals surface area (Å²) in [4.78, 5) is 5.23. The van der Waals surface area contributed by atoms with Crippen LogP contribution in [0.3, 0.4) is 0 Å². The Labute approximate surface area is 129 Å². The predicted molar refractivity (Wildman–Crippen MR) is 89.8 cm³/mol. The van der Waals surface area contributed by atoms with Gasteiger partial charge in [0.1, 0.15) is 0 Å². The van der Waals surface area contributed by atoms with Crippen molar-refractivity contribution < 1.29 is 0 Å². The molecule has 0 radical (unpaired) electrons. The molecule has 1 aromatic rings. The molecule has 0 bridgehead atoms. The lowest BCUT2D eigenvalue weighted by Crippen LogP contribution is -2.44. The van der Waals surface area contributed by atoms with Crippen LogP contribution in [0.2, 0.25) is 0 Å². The molecule has 1 N–H and O–H groups in total. The predicted octanol–water partition coefficient (Wildman–Crippen LogP) is 2.72. The van der Waals surface area contributed by atoms with Crippen LogP contribution >= 0.6 is 0 Å². The lowest BCUT2D eigenvalue weighted by molar-refractivity contribution is 0.338. The standard InChI is InChI=1S/C18H29N3/c1-15(2)17-14-21(12-11-20-9-5-6-10-20)18-8-4-3-7-16(18)13-19-17/h3-4,7-8,15,17,19H,5-6,9-14H2,1-2H3. The van der Waals surface area contributed by atoms with E-state index in [1.807, 2.05) is 0 Å². The minimum atomic E-state index is 0.580. The maximum Gasteiger partial charge on any atom is 0.0412 e. The van der Waals surface area contributed by atoms with Crippen molar-refractivity contribution in [3.63, 3.8) is 0 Å². The van der Waals surface area contributed by atoms with Crippen LogP contribution in [0.5, 0.6) is 0 Å². The summed E-state index contributed by atoms with van der Waals surface area (Å²) in [6.45, 7) is 11.7. The summed E-state index contributed by atoms with van der Waals surface area (Å²) in [6.07, 6.45) is 2.76. The molecule has 1 atom stereocenters. The summed E-state index contributed by atoms with van der Waals surface area (Å²) in [5.41, 5.74) is 2.88. The van der Waals surface area contributed by atoms with Gasteiger partial charge in [-0.3, -0.25) is 0 Å². The first-order valence-electron chi connectivity index (χ1n) is 8.52. The Morgan fingerprint density at radius 1 is 1.14 bits per heavy atom. The molecule has 2 aliphatic heterocycles. The highest BCUT2D eigenvalue weighted by atomic mass is 15.2. The van der Waals surface area contributed by atoms with E-state index in [4.69, 9.17) is 0 Å². The minimum Gasteiger partial charge on any atom is -0.368 e. The molecule has 1 aromatic carbocycles. The molecule has 116 valence electrons. The quantitative estimate of drug-likeness (QED) is 0.918. The van der Waals surface area contributed by atoms with Gasteiger partial charge in [-0.15, -0.1) is 0 Å². The molecule has 0 aliphatic carbocycles. The zero-order valence-corrected chi connectivity index (χ0v) is 13.5. The van der Waals surface area contributed by atoms with E-state index >= 15 is 0 Å². The van der Waals surface area contributed by atoms with Crippen molar-refractivity contribution in [1.82, 2.24) is 10.2 Å². The lowest BCUT2D eigenvalue weighted by atomic mass is 10.0. The highest BCUT2D eigenvalue weighted by Gasteiger charge is 2.23. The number of hydrogen-bond acceptors (Lipinski definition) is 3. The fourth-order valence-electron chi connectivity index (χ4n) is 3.54. The number of hydrogen-bond donors (Lipinski definition) is 1. The Morgan fingerprint density at radius 3 is 2.67 bits per heavy atom. The third-order valence-electron chi connectivity index (χ3n) is 4.99. The Kier molecular flexibility index (Phi) is 4.81. The van der Waals surface area contributed by atoms with E-state index < -0.39 is 0 Å². The minimum absolute atomic E-state index is 0.580. The molecule has 0 amide bonds. The van der Waals surface area contributed by atoms with Crippen LogP contribution in [-0.2, 0) is 6.54 Å². The van der Waals surface area contributed by atoms with Gasteiger partial charge in [0.2, 0.25) is 0 Å². The van der Waals surface area contributed by atoms with E-state index in [2.05, 4.69) is 53.2 Å². The van der Waals surface area contributed by atoms with Gasteiger partial charge in [-0.05, 0) is 43.5 Å².